The molecular formula is C18H19BrO2. The molecule has 21 heavy (non-hydrogen) atoms. The van der Waals surface area contributed by atoms with Gasteiger partial charge in [-0.2, -0.15) is 0 Å². The van der Waals surface area contributed by atoms with Gasteiger partial charge in [0.2, 0.25) is 0 Å². The number of Topliss-reactive ketones (excluding diaryl/α,β-unsaturated/α-hetero) is 1. The molecule has 0 saturated heterocycles. The largest absolute Gasteiger partial charge is 0.457 e. The van der Waals surface area contributed by atoms with E-state index in [0.717, 1.165) is 15.8 Å². The van der Waals surface area contributed by atoms with E-state index in [1.165, 1.54) is 0 Å². The Kier molecular flexibility index (Phi) is 5.18. The number of carbonyl (C=O) groups excluding carboxylic acids is 1. The lowest BCUT2D eigenvalue weighted by Gasteiger charge is -2.14. The fourth-order valence-electron chi connectivity index (χ4n) is 2.13. The van der Waals surface area contributed by atoms with E-state index in [2.05, 4.69) is 35.8 Å². The third-order valence-electron chi connectivity index (χ3n) is 3.30. The molecular weight excluding hydrogens is 328 g/mol. The minimum atomic E-state index is 0.125. The fourth-order valence-corrected chi connectivity index (χ4v) is 2.51. The van der Waals surface area contributed by atoms with E-state index < -0.39 is 0 Å². The number of hydrogen-bond donors (Lipinski definition) is 0. The third-order valence-corrected chi connectivity index (χ3v) is 3.79. The van der Waals surface area contributed by atoms with Crippen molar-refractivity contribution in [1.82, 2.24) is 0 Å². The van der Waals surface area contributed by atoms with Gasteiger partial charge in [-0.15, -0.1) is 0 Å². The highest BCUT2D eigenvalue weighted by Gasteiger charge is 2.11. The number of benzene rings is 2. The van der Waals surface area contributed by atoms with E-state index in [1.54, 1.807) is 6.07 Å². The lowest BCUT2D eigenvalue weighted by atomic mass is 10.0. The van der Waals surface area contributed by atoms with Gasteiger partial charge in [-0.25, -0.2) is 0 Å². The van der Waals surface area contributed by atoms with Crippen LogP contribution in [0.1, 0.15) is 49.0 Å². The van der Waals surface area contributed by atoms with Crippen molar-refractivity contribution >= 4 is 21.7 Å². The van der Waals surface area contributed by atoms with E-state index in [-0.39, 0.29) is 5.78 Å². The topological polar surface area (TPSA) is 26.3 Å². The zero-order valence-electron chi connectivity index (χ0n) is 12.5. The lowest BCUT2D eigenvalue weighted by molar-refractivity contribution is 0.0988. The number of hydrogen-bond acceptors (Lipinski definition) is 2. The van der Waals surface area contributed by atoms with E-state index >= 15 is 0 Å². The molecule has 0 fully saturated rings. The van der Waals surface area contributed by atoms with Crippen molar-refractivity contribution in [3.05, 3.63) is 58.1 Å². The van der Waals surface area contributed by atoms with Crippen molar-refractivity contribution in [3.8, 4) is 11.5 Å². The van der Waals surface area contributed by atoms with Crippen LogP contribution in [0.3, 0.4) is 0 Å². The number of halogens is 1. The molecule has 0 amide bonds. The molecule has 3 heteroatoms. The normalized spacial score (nSPS) is 10.7. The molecule has 0 bridgehead atoms. The van der Waals surface area contributed by atoms with Gasteiger partial charge >= 0.3 is 0 Å². The van der Waals surface area contributed by atoms with Gasteiger partial charge < -0.3 is 4.74 Å². The van der Waals surface area contributed by atoms with Crippen LogP contribution in [-0.4, -0.2) is 5.78 Å². The lowest BCUT2D eigenvalue weighted by Crippen LogP contribution is -1.98. The van der Waals surface area contributed by atoms with Crippen molar-refractivity contribution in [2.24, 2.45) is 0 Å². The van der Waals surface area contributed by atoms with E-state index in [4.69, 9.17) is 4.74 Å². The van der Waals surface area contributed by atoms with Gasteiger partial charge in [0, 0.05) is 16.5 Å². The summed E-state index contributed by atoms with van der Waals surface area (Å²) < 4.78 is 7.02. The summed E-state index contributed by atoms with van der Waals surface area (Å²) in [5.41, 5.74) is 1.83. The summed E-state index contributed by atoms with van der Waals surface area (Å²) in [5, 5.41) is 0. The quantitative estimate of drug-likeness (QED) is 0.624. The SMILES string of the molecule is CCC(=O)c1cccc(Oc2ccc(Br)cc2C(C)C)c1. The molecule has 0 aliphatic carbocycles. The monoisotopic (exact) mass is 346 g/mol. The molecule has 0 radical (unpaired) electrons. The Bertz CT molecular complexity index is 647. The number of carbonyl (C=O) groups is 1. The predicted molar refractivity (Wildman–Crippen MR) is 89.4 cm³/mol. The average molecular weight is 347 g/mol. The Morgan fingerprint density at radius 3 is 2.62 bits per heavy atom. The zero-order chi connectivity index (χ0) is 15.4. The molecule has 0 aliphatic heterocycles. The molecule has 0 heterocycles. The van der Waals surface area contributed by atoms with Gasteiger partial charge in [0.25, 0.3) is 0 Å². The fraction of sp³-hybridized carbons (Fsp3) is 0.278. The van der Waals surface area contributed by atoms with Crippen LogP contribution in [-0.2, 0) is 0 Å². The Morgan fingerprint density at radius 2 is 1.95 bits per heavy atom. The van der Waals surface area contributed by atoms with Gasteiger partial charge in [0.1, 0.15) is 11.5 Å². The van der Waals surface area contributed by atoms with Crippen molar-refractivity contribution < 1.29 is 9.53 Å². The summed E-state index contributed by atoms with van der Waals surface area (Å²) in [6.45, 7) is 6.12. The van der Waals surface area contributed by atoms with Gasteiger partial charge in [-0.1, -0.05) is 48.8 Å². The first kappa shape index (κ1) is 15.8. The van der Waals surface area contributed by atoms with Crippen LogP contribution in [0.4, 0.5) is 0 Å². The second kappa shape index (κ2) is 6.90. The highest BCUT2D eigenvalue weighted by molar-refractivity contribution is 9.10. The second-order valence-electron chi connectivity index (χ2n) is 5.24. The van der Waals surface area contributed by atoms with Crippen LogP contribution in [0.5, 0.6) is 11.5 Å². The first-order chi connectivity index (χ1) is 10.0. The van der Waals surface area contributed by atoms with Crippen LogP contribution in [0.25, 0.3) is 0 Å². The first-order valence-corrected chi connectivity index (χ1v) is 7.91. The molecule has 2 nitrogen and oxygen atoms in total. The van der Waals surface area contributed by atoms with Gasteiger partial charge in [-0.3, -0.25) is 4.79 Å². The molecule has 2 aromatic carbocycles. The molecule has 0 atom stereocenters. The molecule has 0 aromatic heterocycles. The summed E-state index contributed by atoms with van der Waals surface area (Å²) in [4.78, 5) is 11.8. The Hall–Kier alpha value is -1.61. The van der Waals surface area contributed by atoms with Crippen molar-refractivity contribution in [2.45, 2.75) is 33.1 Å². The van der Waals surface area contributed by atoms with Crippen LogP contribution in [0, 0.1) is 0 Å². The van der Waals surface area contributed by atoms with E-state index in [0.29, 0.717) is 23.7 Å². The molecule has 0 unspecified atom stereocenters. The van der Waals surface area contributed by atoms with Crippen molar-refractivity contribution in [1.29, 1.82) is 0 Å². The molecule has 2 rings (SSSR count). The summed E-state index contributed by atoms with van der Waals surface area (Å²) in [5.74, 6) is 2.01. The minimum Gasteiger partial charge on any atom is -0.457 e. The van der Waals surface area contributed by atoms with E-state index in [1.807, 2.05) is 37.3 Å². The van der Waals surface area contributed by atoms with Crippen LogP contribution in [0.15, 0.2) is 46.9 Å². The van der Waals surface area contributed by atoms with Crippen LogP contribution in [0.2, 0.25) is 0 Å². The minimum absolute atomic E-state index is 0.125. The Labute approximate surface area is 134 Å². The Morgan fingerprint density at radius 1 is 1.19 bits per heavy atom. The maximum atomic E-state index is 11.8. The summed E-state index contributed by atoms with van der Waals surface area (Å²) in [7, 11) is 0. The smallest absolute Gasteiger partial charge is 0.162 e. The maximum Gasteiger partial charge on any atom is 0.162 e. The molecule has 0 N–H and O–H groups in total. The summed E-state index contributed by atoms with van der Waals surface area (Å²) in [6.07, 6.45) is 0.499. The number of ketones is 1. The van der Waals surface area contributed by atoms with Crippen LogP contribution >= 0.6 is 15.9 Å². The van der Waals surface area contributed by atoms with Crippen molar-refractivity contribution in [3.63, 3.8) is 0 Å². The van der Waals surface area contributed by atoms with Gasteiger partial charge in [0.05, 0.1) is 0 Å². The third kappa shape index (κ3) is 3.94. The molecule has 0 saturated carbocycles. The van der Waals surface area contributed by atoms with E-state index in [9.17, 15) is 4.79 Å². The highest BCUT2D eigenvalue weighted by Crippen LogP contribution is 2.33. The summed E-state index contributed by atoms with van der Waals surface area (Å²) >= 11 is 3.49. The first-order valence-electron chi connectivity index (χ1n) is 7.11. The molecule has 0 spiro atoms. The highest BCUT2D eigenvalue weighted by atomic mass is 79.9. The second-order valence-corrected chi connectivity index (χ2v) is 6.16. The Balaban J connectivity index is 2.32. The maximum absolute atomic E-state index is 11.8. The van der Waals surface area contributed by atoms with Crippen molar-refractivity contribution in [2.75, 3.05) is 0 Å². The van der Waals surface area contributed by atoms with Gasteiger partial charge in [-0.05, 0) is 41.8 Å². The predicted octanol–water partition coefficient (Wildman–Crippen LogP) is 5.96. The zero-order valence-corrected chi connectivity index (χ0v) is 14.1. The summed E-state index contributed by atoms with van der Waals surface area (Å²) in [6, 6.07) is 13.3. The average Bonchev–Trinajstić information content (AvgIpc) is 2.48. The molecule has 110 valence electrons. The molecule has 0 aliphatic rings. The standard InChI is InChI=1S/C18H19BrO2/c1-4-17(20)13-6-5-7-15(10-13)21-18-9-8-14(19)11-16(18)12(2)3/h5-12H,4H2,1-3H3. The number of ether oxygens (including phenoxy) is 1. The molecule has 2 aromatic rings. The van der Waals surface area contributed by atoms with Crippen LogP contribution < -0.4 is 4.74 Å². The number of rotatable bonds is 5. The van der Waals surface area contributed by atoms with Gasteiger partial charge in [0.15, 0.2) is 5.78 Å².